The first-order valence-corrected chi connectivity index (χ1v) is 3.42. The fraction of sp³-hybridized carbons (Fsp3) is 1.00. The van der Waals surface area contributed by atoms with Gasteiger partial charge in [-0.25, -0.2) is 0 Å². The van der Waals surface area contributed by atoms with E-state index in [2.05, 4.69) is 34.6 Å². The van der Waals surface area contributed by atoms with E-state index in [1.165, 1.54) is 6.42 Å². The Labute approximate surface area is 66.5 Å². The number of rotatable bonds is 1. The van der Waals surface area contributed by atoms with Crippen LogP contribution in [0, 0.1) is 11.3 Å². The maximum absolute atomic E-state index is 2.28. The summed E-state index contributed by atoms with van der Waals surface area (Å²) in [5, 5.41) is 0. The van der Waals surface area contributed by atoms with Crippen molar-refractivity contribution in [2.45, 2.75) is 41.0 Å². The maximum atomic E-state index is 2.28. The highest BCUT2D eigenvalue weighted by Crippen LogP contribution is 2.23. The minimum atomic E-state index is 0. The van der Waals surface area contributed by atoms with Crippen molar-refractivity contribution in [3.8, 4) is 0 Å². The fourth-order valence-electron chi connectivity index (χ4n) is 1.22. The molecule has 0 amide bonds. The quantitative estimate of drug-likeness (QED) is 0.536. The Morgan fingerprint density at radius 3 is 1.44 bits per heavy atom. The maximum Gasteiger partial charge on any atom is -0.0380 e. The molecule has 0 heterocycles. The predicted molar refractivity (Wildman–Crippen MR) is 49.3 cm³/mol. The highest BCUT2D eigenvalue weighted by Gasteiger charge is 2.11. The minimum Gasteiger partial charge on any atom is -0.197 e. The Morgan fingerprint density at radius 2 is 1.44 bits per heavy atom. The van der Waals surface area contributed by atoms with Gasteiger partial charge in [-0.05, 0) is 17.8 Å². The van der Waals surface area contributed by atoms with Crippen molar-refractivity contribution in [3.05, 3.63) is 0 Å². The molecular weight excluding hydrogens is 128 g/mol. The van der Waals surface area contributed by atoms with Crippen molar-refractivity contribution < 1.29 is 0 Å². The van der Waals surface area contributed by atoms with E-state index in [0.717, 1.165) is 5.92 Å². The third kappa shape index (κ3) is 11.8. The lowest BCUT2D eigenvalue weighted by Crippen LogP contribution is -2.08. The molecule has 0 aromatic rings. The van der Waals surface area contributed by atoms with Crippen molar-refractivity contribution in [3.63, 3.8) is 0 Å². The first-order valence-electron chi connectivity index (χ1n) is 3.42. The highest BCUT2D eigenvalue weighted by molar-refractivity contribution is 7.59. The van der Waals surface area contributed by atoms with E-state index in [-0.39, 0.29) is 13.5 Å². The monoisotopic (exact) mass is 148 g/mol. The van der Waals surface area contributed by atoms with Gasteiger partial charge in [0, 0.05) is 0 Å². The van der Waals surface area contributed by atoms with Crippen LogP contribution in [0.3, 0.4) is 0 Å². The van der Waals surface area contributed by atoms with Gasteiger partial charge in [-0.3, -0.25) is 0 Å². The van der Waals surface area contributed by atoms with Gasteiger partial charge in [0.25, 0.3) is 0 Å². The van der Waals surface area contributed by atoms with E-state index in [1.54, 1.807) is 0 Å². The lowest BCUT2D eigenvalue weighted by atomic mass is 9.86. The number of hydrogen-bond acceptors (Lipinski definition) is 0. The van der Waals surface area contributed by atoms with Gasteiger partial charge in [-0.2, -0.15) is 13.5 Å². The van der Waals surface area contributed by atoms with Crippen LogP contribution in [0.5, 0.6) is 0 Å². The van der Waals surface area contributed by atoms with Crippen molar-refractivity contribution in [2.75, 3.05) is 0 Å². The van der Waals surface area contributed by atoms with Gasteiger partial charge in [0.05, 0.1) is 0 Å². The summed E-state index contributed by atoms with van der Waals surface area (Å²) in [7, 11) is 0. The molecular formula is C8H20S. The van der Waals surface area contributed by atoms with Gasteiger partial charge < -0.3 is 0 Å². The Bertz CT molecular complexity index is 59.5. The topological polar surface area (TPSA) is 0 Å². The molecule has 9 heavy (non-hydrogen) atoms. The van der Waals surface area contributed by atoms with Gasteiger partial charge in [0.15, 0.2) is 0 Å². The zero-order valence-corrected chi connectivity index (χ0v) is 8.28. The smallest absolute Gasteiger partial charge is 0.0380 e. The van der Waals surface area contributed by atoms with E-state index < -0.39 is 0 Å². The van der Waals surface area contributed by atoms with Crippen molar-refractivity contribution in [1.29, 1.82) is 0 Å². The molecule has 0 nitrogen and oxygen atoms in total. The SMILES string of the molecule is CC(C)CC(C)(C)C.S. The second kappa shape index (κ2) is 4.21. The molecule has 0 radical (unpaired) electrons. The molecule has 0 aliphatic carbocycles. The average molecular weight is 148 g/mol. The highest BCUT2D eigenvalue weighted by atomic mass is 32.1. The predicted octanol–water partition coefficient (Wildman–Crippen LogP) is 3.19. The molecule has 0 aromatic carbocycles. The average Bonchev–Trinajstić information content (AvgIpc) is 1.21. The molecule has 0 fully saturated rings. The van der Waals surface area contributed by atoms with E-state index in [0.29, 0.717) is 5.41 Å². The van der Waals surface area contributed by atoms with Crippen molar-refractivity contribution in [1.82, 2.24) is 0 Å². The van der Waals surface area contributed by atoms with Gasteiger partial charge in [0.2, 0.25) is 0 Å². The molecule has 0 saturated heterocycles. The van der Waals surface area contributed by atoms with Crippen LogP contribution in [0.1, 0.15) is 41.0 Å². The summed E-state index contributed by atoms with van der Waals surface area (Å²) < 4.78 is 0. The van der Waals surface area contributed by atoms with Crippen LogP contribution < -0.4 is 0 Å². The largest absolute Gasteiger partial charge is 0.197 e. The summed E-state index contributed by atoms with van der Waals surface area (Å²) >= 11 is 0. The second-order valence-corrected chi connectivity index (χ2v) is 4.16. The van der Waals surface area contributed by atoms with Crippen molar-refractivity contribution in [2.24, 2.45) is 11.3 Å². The molecule has 58 valence electrons. The standard InChI is InChI=1S/C8H18.H2S/c1-7(2)6-8(3,4)5;/h7H,6H2,1-5H3;1H2. The van der Waals surface area contributed by atoms with Crippen molar-refractivity contribution >= 4 is 13.5 Å². The summed E-state index contributed by atoms with van der Waals surface area (Å²) in [5.41, 5.74) is 0.522. The van der Waals surface area contributed by atoms with E-state index >= 15 is 0 Å². The Morgan fingerprint density at radius 1 is 1.11 bits per heavy atom. The lowest BCUT2D eigenvalue weighted by molar-refractivity contribution is 0.320. The summed E-state index contributed by atoms with van der Waals surface area (Å²) in [5.74, 6) is 0.843. The Balaban J connectivity index is 0. The van der Waals surface area contributed by atoms with E-state index in [4.69, 9.17) is 0 Å². The second-order valence-electron chi connectivity index (χ2n) is 4.16. The summed E-state index contributed by atoms with van der Waals surface area (Å²) in [6.45, 7) is 11.4. The minimum absolute atomic E-state index is 0. The van der Waals surface area contributed by atoms with Gasteiger partial charge in [-0.15, -0.1) is 0 Å². The Kier molecular flexibility index (Phi) is 5.65. The molecule has 0 bridgehead atoms. The summed E-state index contributed by atoms with van der Waals surface area (Å²) in [4.78, 5) is 0. The van der Waals surface area contributed by atoms with Crippen LogP contribution in [-0.4, -0.2) is 0 Å². The van der Waals surface area contributed by atoms with E-state index in [9.17, 15) is 0 Å². The molecule has 0 spiro atoms. The first kappa shape index (κ1) is 12.1. The molecule has 0 aromatic heterocycles. The molecule has 0 aliphatic rings. The zero-order chi connectivity index (χ0) is 6.78. The van der Waals surface area contributed by atoms with Gasteiger partial charge in [-0.1, -0.05) is 34.6 Å². The molecule has 0 rings (SSSR count). The lowest BCUT2D eigenvalue weighted by Gasteiger charge is -2.19. The van der Waals surface area contributed by atoms with Crippen LogP contribution in [0.15, 0.2) is 0 Å². The van der Waals surface area contributed by atoms with Crippen LogP contribution >= 0.6 is 13.5 Å². The fourth-order valence-corrected chi connectivity index (χ4v) is 1.22. The van der Waals surface area contributed by atoms with Gasteiger partial charge in [0.1, 0.15) is 0 Å². The number of hydrogen-bond donors (Lipinski definition) is 0. The molecule has 0 unspecified atom stereocenters. The summed E-state index contributed by atoms with van der Waals surface area (Å²) in [6.07, 6.45) is 1.33. The molecule has 0 aliphatic heterocycles. The van der Waals surface area contributed by atoms with Crippen LogP contribution in [0.25, 0.3) is 0 Å². The third-order valence-corrected chi connectivity index (χ3v) is 1.02. The van der Waals surface area contributed by atoms with Crippen LogP contribution in [0.4, 0.5) is 0 Å². The summed E-state index contributed by atoms with van der Waals surface area (Å²) in [6, 6.07) is 0. The molecule has 1 heteroatoms. The van der Waals surface area contributed by atoms with E-state index in [1.807, 2.05) is 0 Å². The van der Waals surface area contributed by atoms with Crippen LogP contribution in [0.2, 0.25) is 0 Å². The molecule has 0 N–H and O–H groups in total. The Hall–Kier alpha value is 0.350. The van der Waals surface area contributed by atoms with Gasteiger partial charge >= 0.3 is 0 Å². The molecule has 0 saturated carbocycles. The third-order valence-electron chi connectivity index (χ3n) is 1.02. The normalized spacial score (nSPS) is 11.3. The van der Waals surface area contributed by atoms with Crippen LogP contribution in [-0.2, 0) is 0 Å². The zero-order valence-electron chi connectivity index (χ0n) is 7.28. The first-order chi connectivity index (χ1) is 3.42. The molecule has 0 atom stereocenters.